The van der Waals surface area contributed by atoms with Gasteiger partial charge in [0.25, 0.3) is 0 Å². The van der Waals surface area contributed by atoms with Gasteiger partial charge in [0, 0.05) is 34.5 Å². The molecule has 0 saturated carbocycles. The van der Waals surface area contributed by atoms with E-state index >= 15 is 0 Å². The van der Waals surface area contributed by atoms with E-state index in [2.05, 4.69) is 179 Å². The molecule has 7 aromatic carbocycles. The summed E-state index contributed by atoms with van der Waals surface area (Å²) >= 11 is 0. The second-order valence-electron chi connectivity index (χ2n) is 14.1. The van der Waals surface area contributed by atoms with Crippen molar-refractivity contribution >= 4 is 32.8 Å². The number of aromatic nitrogens is 4. The van der Waals surface area contributed by atoms with Crippen LogP contribution in [0.3, 0.4) is 0 Å². The zero-order valence-corrected chi connectivity index (χ0v) is 30.2. The molecule has 10 aromatic rings. The summed E-state index contributed by atoms with van der Waals surface area (Å²) in [5.41, 5.74) is 10.6. The van der Waals surface area contributed by atoms with E-state index in [-0.39, 0.29) is 0 Å². The van der Waals surface area contributed by atoms with Crippen LogP contribution in [-0.2, 0) is 5.41 Å². The molecule has 5 nitrogen and oxygen atoms in total. The number of benzene rings is 7. The van der Waals surface area contributed by atoms with Crippen LogP contribution in [0.4, 0.5) is 0 Å². The molecule has 3 heterocycles. The van der Waals surface area contributed by atoms with Crippen LogP contribution in [0.2, 0.25) is 0 Å². The van der Waals surface area contributed by atoms with Crippen molar-refractivity contribution in [1.82, 2.24) is 19.1 Å². The summed E-state index contributed by atoms with van der Waals surface area (Å²) in [6.45, 7) is 2.31. The largest absolute Gasteiger partial charge is 0.457 e. The minimum atomic E-state index is -0.417. The molecule has 0 bridgehead atoms. The molecule has 10 rings (SSSR count). The molecule has 0 aliphatic rings. The van der Waals surface area contributed by atoms with E-state index in [9.17, 15) is 0 Å². The second kappa shape index (κ2) is 13.3. The number of imidazole rings is 1. The molecule has 0 unspecified atom stereocenters. The van der Waals surface area contributed by atoms with Gasteiger partial charge in [-0.3, -0.25) is 9.13 Å². The van der Waals surface area contributed by atoms with Crippen LogP contribution in [-0.4, -0.2) is 19.1 Å². The van der Waals surface area contributed by atoms with Crippen LogP contribution in [0.5, 0.6) is 11.5 Å². The predicted molar refractivity (Wildman–Crippen MR) is 224 cm³/mol. The van der Waals surface area contributed by atoms with Gasteiger partial charge in [0.1, 0.15) is 23.6 Å². The first-order valence-corrected chi connectivity index (χ1v) is 18.6. The van der Waals surface area contributed by atoms with Crippen LogP contribution in [0.15, 0.2) is 201 Å². The Morgan fingerprint density at radius 1 is 0.473 bits per heavy atom. The Morgan fingerprint density at radius 2 is 1.18 bits per heavy atom. The van der Waals surface area contributed by atoms with Gasteiger partial charge in [0.15, 0.2) is 0 Å². The molecule has 0 aliphatic heterocycles. The van der Waals surface area contributed by atoms with Crippen molar-refractivity contribution in [3.8, 4) is 34.1 Å². The first-order chi connectivity index (χ1) is 27.1. The van der Waals surface area contributed by atoms with Gasteiger partial charge in [0.05, 0.1) is 27.8 Å². The molecule has 0 N–H and O–H groups in total. The Labute approximate surface area is 319 Å². The number of hydrogen-bond donors (Lipinski definition) is 0. The molecule has 5 heteroatoms. The zero-order chi connectivity index (χ0) is 36.8. The summed E-state index contributed by atoms with van der Waals surface area (Å²) in [5.74, 6) is 2.32. The quantitative estimate of drug-likeness (QED) is 0.158. The van der Waals surface area contributed by atoms with Crippen molar-refractivity contribution in [3.63, 3.8) is 0 Å². The van der Waals surface area contributed by atoms with E-state index in [4.69, 9.17) is 9.72 Å². The molecule has 55 heavy (non-hydrogen) atoms. The molecule has 0 fully saturated rings. The maximum atomic E-state index is 6.64. The molecule has 3 aromatic heterocycles. The molecular weight excluding hydrogens is 673 g/mol. The third-order valence-corrected chi connectivity index (χ3v) is 10.9. The SMILES string of the molecule is CC(c1ccccc1)(c1ccccc1)c1ccnc(-n2c3ccc(-c4ccccc4)cc3c3ccc(Oc4cccc(-n5cnc6ccccc65)c4)cc32)c1. The summed E-state index contributed by atoms with van der Waals surface area (Å²) in [5, 5.41) is 2.28. The molecule has 0 aliphatic carbocycles. The lowest BCUT2D eigenvalue weighted by atomic mass is 9.71. The topological polar surface area (TPSA) is 44.9 Å². The number of para-hydroxylation sites is 2. The average Bonchev–Trinajstić information content (AvgIpc) is 3.83. The predicted octanol–water partition coefficient (Wildman–Crippen LogP) is 12.3. The minimum Gasteiger partial charge on any atom is -0.457 e. The van der Waals surface area contributed by atoms with E-state index in [1.165, 1.54) is 22.3 Å². The number of ether oxygens (including phenoxy) is 1. The fourth-order valence-corrected chi connectivity index (χ4v) is 8.01. The Morgan fingerprint density at radius 3 is 1.96 bits per heavy atom. The van der Waals surface area contributed by atoms with Gasteiger partial charge in [-0.25, -0.2) is 9.97 Å². The van der Waals surface area contributed by atoms with Gasteiger partial charge in [-0.1, -0.05) is 115 Å². The lowest BCUT2D eigenvalue weighted by molar-refractivity contribution is 0.483. The first-order valence-electron chi connectivity index (χ1n) is 18.6. The summed E-state index contributed by atoms with van der Waals surface area (Å²) in [6, 6.07) is 65.8. The van der Waals surface area contributed by atoms with Gasteiger partial charge >= 0.3 is 0 Å². The van der Waals surface area contributed by atoms with Gasteiger partial charge in [-0.05, 0) is 95.4 Å². The molecule has 0 atom stereocenters. The number of pyridine rings is 1. The second-order valence-corrected chi connectivity index (χ2v) is 14.1. The fraction of sp³-hybridized carbons (Fsp3) is 0.0400. The van der Waals surface area contributed by atoms with Crippen LogP contribution in [0.1, 0.15) is 23.6 Å². The monoisotopic (exact) mass is 708 g/mol. The van der Waals surface area contributed by atoms with E-state index in [1.807, 2.05) is 42.9 Å². The highest BCUT2D eigenvalue weighted by Gasteiger charge is 2.31. The molecule has 262 valence electrons. The van der Waals surface area contributed by atoms with Crippen molar-refractivity contribution in [2.24, 2.45) is 0 Å². The van der Waals surface area contributed by atoms with Crippen LogP contribution >= 0.6 is 0 Å². The van der Waals surface area contributed by atoms with Crippen LogP contribution < -0.4 is 4.74 Å². The van der Waals surface area contributed by atoms with Crippen LogP contribution in [0, 0.1) is 0 Å². The van der Waals surface area contributed by atoms with Gasteiger partial charge < -0.3 is 4.74 Å². The van der Waals surface area contributed by atoms with Crippen molar-refractivity contribution in [3.05, 3.63) is 217 Å². The maximum Gasteiger partial charge on any atom is 0.137 e. The fourth-order valence-electron chi connectivity index (χ4n) is 8.01. The Bertz CT molecular complexity index is 2930. The maximum absolute atomic E-state index is 6.64. The third kappa shape index (κ3) is 5.65. The number of fused-ring (bicyclic) bond motifs is 4. The average molecular weight is 709 g/mol. The van der Waals surface area contributed by atoms with Crippen molar-refractivity contribution in [2.75, 3.05) is 0 Å². The standard InChI is InChI=1S/C50H36N4O/c1-50(37-16-7-3-8-17-37,38-18-9-4-10-19-38)39-28-29-51-49(31-39)54-46-27-24-36(35-14-5-2-6-15-35)30-44(46)43-26-25-42(33-48(43)54)55-41-21-13-20-40(32-41)53-34-52-45-22-11-12-23-47(45)53/h2-34H,1H3. The van der Waals surface area contributed by atoms with Crippen molar-refractivity contribution in [1.29, 1.82) is 0 Å². The Hall–Kier alpha value is -7.24. The molecular formula is C50H36N4O. The summed E-state index contributed by atoms with van der Waals surface area (Å²) in [6.07, 6.45) is 3.80. The number of nitrogens with zero attached hydrogens (tertiary/aromatic N) is 4. The van der Waals surface area contributed by atoms with Crippen LogP contribution in [0.25, 0.3) is 55.5 Å². The summed E-state index contributed by atoms with van der Waals surface area (Å²) < 4.78 is 11.0. The Kier molecular flexibility index (Phi) is 7.85. The highest BCUT2D eigenvalue weighted by Crippen LogP contribution is 2.41. The highest BCUT2D eigenvalue weighted by atomic mass is 16.5. The zero-order valence-electron chi connectivity index (χ0n) is 30.2. The third-order valence-electron chi connectivity index (χ3n) is 10.9. The normalized spacial score (nSPS) is 11.7. The molecule has 0 radical (unpaired) electrons. The number of hydrogen-bond acceptors (Lipinski definition) is 3. The van der Waals surface area contributed by atoms with E-state index in [1.54, 1.807) is 0 Å². The van der Waals surface area contributed by atoms with E-state index < -0.39 is 5.41 Å². The minimum absolute atomic E-state index is 0.417. The summed E-state index contributed by atoms with van der Waals surface area (Å²) in [7, 11) is 0. The van der Waals surface area contributed by atoms with E-state index in [0.29, 0.717) is 0 Å². The lowest BCUT2D eigenvalue weighted by Gasteiger charge is -2.32. The van der Waals surface area contributed by atoms with Gasteiger partial charge in [-0.15, -0.1) is 0 Å². The van der Waals surface area contributed by atoms with E-state index in [0.717, 1.165) is 61.4 Å². The summed E-state index contributed by atoms with van der Waals surface area (Å²) in [4.78, 5) is 9.65. The first kappa shape index (κ1) is 32.4. The number of rotatable bonds is 8. The molecule has 0 saturated heterocycles. The lowest BCUT2D eigenvalue weighted by Crippen LogP contribution is -2.25. The van der Waals surface area contributed by atoms with Gasteiger partial charge in [0.2, 0.25) is 0 Å². The molecule has 0 spiro atoms. The van der Waals surface area contributed by atoms with Gasteiger partial charge in [-0.2, -0.15) is 0 Å². The Balaban J connectivity index is 1.13. The molecule has 0 amide bonds. The smallest absolute Gasteiger partial charge is 0.137 e. The van der Waals surface area contributed by atoms with Crippen molar-refractivity contribution < 1.29 is 4.74 Å². The highest BCUT2D eigenvalue weighted by molar-refractivity contribution is 6.10. The van der Waals surface area contributed by atoms with Crippen molar-refractivity contribution in [2.45, 2.75) is 12.3 Å².